The second kappa shape index (κ2) is 34.7. The van der Waals surface area contributed by atoms with Crippen LogP contribution in [0, 0.1) is 0 Å². The molecule has 0 fully saturated rings. The molecule has 15 aromatic rings. The van der Waals surface area contributed by atoms with Gasteiger partial charge in [0.25, 0.3) is 5.97 Å². The highest BCUT2D eigenvalue weighted by molar-refractivity contribution is 9.10. The zero-order valence-electron chi connectivity index (χ0n) is 65.4. The second-order valence-corrected chi connectivity index (χ2v) is 34.0. The molecule has 8 nitrogen and oxygen atoms in total. The summed E-state index contributed by atoms with van der Waals surface area (Å²) in [4.78, 5) is 21.7. The van der Waals surface area contributed by atoms with Crippen molar-refractivity contribution in [3.63, 3.8) is 0 Å². The first-order valence-corrected chi connectivity index (χ1v) is 41.7. The van der Waals surface area contributed by atoms with Gasteiger partial charge in [0.15, 0.2) is 5.78 Å². The van der Waals surface area contributed by atoms with Crippen molar-refractivity contribution in [3.8, 4) is 66.8 Å². The van der Waals surface area contributed by atoms with Gasteiger partial charge in [0.2, 0.25) is 0 Å². The van der Waals surface area contributed by atoms with Crippen LogP contribution in [0.2, 0.25) is 15.1 Å². The first kappa shape index (κ1) is 84.5. The van der Waals surface area contributed by atoms with Crippen LogP contribution in [0.25, 0.3) is 66.8 Å². The average Bonchev–Trinajstić information content (AvgIpc) is 1.52. The zero-order valence-corrected chi connectivity index (χ0v) is 70.1. The van der Waals surface area contributed by atoms with Crippen LogP contribution >= 0.6 is 50.7 Å². The molecule has 590 valence electrons. The van der Waals surface area contributed by atoms with Crippen molar-refractivity contribution >= 4 is 72.9 Å². The Labute approximate surface area is 715 Å². The Bertz CT molecular complexity index is 6340. The van der Waals surface area contributed by atoms with Crippen molar-refractivity contribution < 1.29 is 37.3 Å². The van der Waals surface area contributed by atoms with Crippen LogP contribution in [0.3, 0.4) is 0 Å². The van der Waals surface area contributed by atoms with Crippen LogP contribution in [0.5, 0.6) is 0 Å². The van der Waals surface area contributed by atoms with E-state index in [-0.39, 0.29) is 29.5 Å². The Hall–Kier alpha value is -11.4. The molecule has 4 aliphatic rings. The molecule has 0 bridgehead atoms. The molecule has 4 N–H and O–H groups in total. The van der Waals surface area contributed by atoms with E-state index in [1.54, 1.807) is 0 Å². The monoisotopic (exact) mass is 1690 g/mol. The van der Waals surface area contributed by atoms with Crippen LogP contribution in [0.4, 0.5) is 0 Å². The zero-order chi connectivity index (χ0) is 82.8. The van der Waals surface area contributed by atoms with E-state index in [0.29, 0.717) is 21.2 Å². The maximum absolute atomic E-state index is 12.8. The molecular weight excluding hydrogens is 1610 g/mol. The third-order valence-corrected chi connectivity index (χ3v) is 24.0. The molecule has 118 heavy (non-hydrogen) atoms. The predicted octanol–water partition coefficient (Wildman–Crippen LogP) is 27.7. The van der Waals surface area contributed by atoms with E-state index in [1.807, 2.05) is 158 Å². The van der Waals surface area contributed by atoms with Gasteiger partial charge in [-0.05, 0) is 182 Å². The van der Waals surface area contributed by atoms with Crippen LogP contribution in [-0.4, -0.2) is 39.5 Å². The minimum absolute atomic E-state index is 0. The fraction of sp³-hybridized carbons (Fsp3) is 0.124. The number of carboxylic acid groups (broad SMARTS) is 1. The minimum atomic E-state index is -4.67. The Morgan fingerprint density at radius 1 is 0.339 bits per heavy atom. The lowest BCUT2D eigenvalue weighted by Gasteiger charge is -2.35. The van der Waals surface area contributed by atoms with Gasteiger partial charge >= 0.3 is 10.4 Å². The number of aliphatic carboxylic acids is 1. The summed E-state index contributed by atoms with van der Waals surface area (Å²) >= 11 is 22.4. The topological polar surface area (TPSA) is 149 Å². The molecule has 0 spiro atoms. The molecule has 2 atom stereocenters. The van der Waals surface area contributed by atoms with Gasteiger partial charge in [0.05, 0.1) is 5.41 Å². The fourth-order valence-corrected chi connectivity index (χ4v) is 18.2. The van der Waals surface area contributed by atoms with E-state index in [9.17, 15) is 9.90 Å². The highest BCUT2D eigenvalue weighted by atomic mass is 79.9. The van der Waals surface area contributed by atoms with Gasteiger partial charge in [-0.15, -0.1) is 0 Å². The number of aliphatic hydroxyl groups is 1. The second-order valence-electron chi connectivity index (χ2n) is 30.9. The number of rotatable bonds is 9. The standard InChI is InChI=1S/C34H27ClO.C34H25Cl.C19H13ClO.C15H13Br.C2H4O2.CH4.H2O4S/c1-33(2)30-14-8-7-13-28(30)29-21-18-25(22-32(29)33)34(36,24-10-4-3-5-11-24)31-15-9-6-12-27(31)23-16-19-26(35)20-17-23;1-33(2)29-14-8-6-12-25(29)27-18-16-23(20-31(27)33)34(22-10-4-3-5-11-22)30-15-9-7-13-26(30)28-19-17-24(35)21-32(28)34;20-16-12-10-14(11-13-16)17-8-4-5-9-18(17)19(21)15-6-2-1-3-7-15;1-15(2)13-6-4-3-5-11(13)12-8-7-10(16)9-14(12)15;1-2(3)4;;1-5(2,3)4/h3-22,36H,1-2H3;3-21H,1-2H3;1-13H;3-9H,1-2H3;1H3,(H,3,4);1H4;(H2,1,2,3,4). The first-order valence-electron chi connectivity index (χ1n) is 38.4. The summed E-state index contributed by atoms with van der Waals surface area (Å²) in [5.41, 5.74) is 29.8. The highest BCUT2D eigenvalue weighted by Crippen LogP contribution is 2.59. The van der Waals surface area contributed by atoms with Crippen LogP contribution < -0.4 is 0 Å². The molecule has 0 amide bonds. The molecule has 0 saturated carbocycles. The maximum Gasteiger partial charge on any atom is 0.394 e. The summed E-state index contributed by atoms with van der Waals surface area (Å²) in [6.07, 6.45) is 0. The molecule has 19 rings (SSSR count). The van der Waals surface area contributed by atoms with E-state index in [1.165, 1.54) is 100 Å². The van der Waals surface area contributed by atoms with Gasteiger partial charge in [-0.25, -0.2) is 0 Å². The van der Waals surface area contributed by atoms with E-state index < -0.39 is 27.4 Å². The summed E-state index contributed by atoms with van der Waals surface area (Å²) in [5, 5.41) is 22.4. The minimum Gasteiger partial charge on any atom is -0.481 e. The van der Waals surface area contributed by atoms with Gasteiger partial charge < -0.3 is 10.2 Å². The maximum atomic E-state index is 12.8. The Morgan fingerprint density at radius 3 is 1.19 bits per heavy atom. The summed E-state index contributed by atoms with van der Waals surface area (Å²) in [5.74, 6) is -0.804. The van der Waals surface area contributed by atoms with Crippen LogP contribution in [-0.2, 0) is 42.5 Å². The lowest BCUT2D eigenvalue weighted by atomic mass is 9.66. The number of halogens is 4. The molecule has 0 heterocycles. The van der Waals surface area contributed by atoms with Gasteiger partial charge in [0.1, 0.15) is 5.60 Å². The third kappa shape index (κ3) is 16.5. The summed E-state index contributed by atoms with van der Waals surface area (Å²) in [6, 6.07) is 123. The Kier molecular flexibility index (Phi) is 24.8. The molecule has 0 aromatic heterocycles. The quantitative estimate of drug-likeness (QED) is 0.0634. The van der Waals surface area contributed by atoms with Crippen molar-refractivity contribution in [2.75, 3.05) is 0 Å². The van der Waals surface area contributed by atoms with E-state index in [0.717, 1.165) is 55.4 Å². The molecule has 0 radical (unpaired) electrons. The Morgan fingerprint density at radius 2 is 0.686 bits per heavy atom. The van der Waals surface area contributed by atoms with E-state index in [4.69, 9.17) is 62.2 Å². The number of carbonyl (C=O) groups is 2. The summed E-state index contributed by atoms with van der Waals surface area (Å²) < 4.78 is 32.7. The van der Waals surface area contributed by atoms with Gasteiger partial charge in [-0.1, -0.05) is 409 Å². The van der Waals surface area contributed by atoms with E-state index in [2.05, 4.69) is 258 Å². The predicted molar refractivity (Wildman–Crippen MR) is 488 cm³/mol. The van der Waals surface area contributed by atoms with Crippen LogP contribution in [0.1, 0.15) is 144 Å². The molecule has 13 heteroatoms. The molecule has 2 unspecified atom stereocenters. The van der Waals surface area contributed by atoms with Crippen molar-refractivity contribution in [2.45, 2.75) is 83.2 Å². The van der Waals surface area contributed by atoms with E-state index >= 15 is 0 Å². The van der Waals surface area contributed by atoms with Crippen molar-refractivity contribution in [3.05, 3.63) is 461 Å². The highest BCUT2D eigenvalue weighted by Gasteiger charge is 2.48. The van der Waals surface area contributed by atoms with Crippen molar-refractivity contribution in [1.82, 2.24) is 0 Å². The Balaban J connectivity index is 0.000000136. The molecular formula is C105H88BrCl3O8S. The average molecular weight is 1700 g/mol. The van der Waals surface area contributed by atoms with Gasteiger partial charge in [-0.3, -0.25) is 18.7 Å². The molecule has 0 aliphatic heterocycles. The lowest BCUT2D eigenvalue weighted by Crippen LogP contribution is -2.30. The number of ketones is 1. The smallest absolute Gasteiger partial charge is 0.394 e. The molecule has 0 saturated heterocycles. The van der Waals surface area contributed by atoms with Crippen LogP contribution in [0.15, 0.2) is 362 Å². The number of benzene rings is 15. The van der Waals surface area contributed by atoms with Crippen molar-refractivity contribution in [2.24, 2.45) is 0 Å². The SMILES string of the molecule is C.CC(=O)O.CC1(C)c2ccccc2-c2ccc(Br)cc21.CC1(C)c2ccccc2-c2ccc(C(O)(c3ccccc3)c3ccccc3-c3ccc(Cl)cc3)cc21.CC1(C)c2ccccc2-c2ccc(C3(c4ccccc4)c4ccccc4-c4ccc(Cl)cc43)cc21.O=C(c1ccccc1)c1ccccc1-c1ccc(Cl)cc1.O=S(=O)(O)O. The normalized spacial score (nSPS) is 14.8. The molecule has 4 aliphatic carbocycles. The first-order chi connectivity index (χ1) is 56.0. The number of fused-ring (bicyclic) bond motifs is 12. The lowest BCUT2D eigenvalue weighted by molar-refractivity contribution is -0.134. The van der Waals surface area contributed by atoms with Gasteiger partial charge in [0, 0.05) is 59.4 Å². The largest absolute Gasteiger partial charge is 0.481 e. The fourth-order valence-electron chi connectivity index (χ4n) is 17.4. The summed E-state index contributed by atoms with van der Waals surface area (Å²) in [6.45, 7) is 14.9. The van der Waals surface area contributed by atoms with Gasteiger partial charge in [-0.2, -0.15) is 8.42 Å². The third-order valence-electron chi connectivity index (χ3n) is 22.8. The summed E-state index contributed by atoms with van der Waals surface area (Å²) in [7, 11) is -4.67. The number of hydrogen-bond donors (Lipinski definition) is 4. The molecule has 15 aromatic carbocycles. The van der Waals surface area contributed by atoms with Crippen molar-refractivity contribution in [1.29, 1.82) is 0 Å². The number of carbonyl (C=O) groups excluding carboxylic acids is 1. The number of carboxylic acids is 1. The number of hydrogen-bond acceptors (Lipinski definition) is 5.